The van der Waals surface area contributed by atoms with Crippen LogP contribution in [0.15, 0.2) is 42.0 Å². The maximum absolute atomic E-state index is 12.5. The number of nitrogens with one attached hydrogen (secondary N) is 1. The molecule has 2 aromatic rings. The van der Waals surface area contributed by atoms with E-state index in [1.807, 2.05) is 0 Å². The number of hydrogen-bond donors (Lipinski definition) is 1. The molecule has 6 heteroatoms. The Balaban J connectivity index is 1.72. The number of likely N-dealkylation sites (N-methyl/N-ethyl adjacent to an activating group) is 1. The Kier molecular flexibility index (Phi) is 6.18. The van der Waals surface area contributed by atoms with Crippen molar-refractivity contribution in [2.45, 2.75) is 25.9 Å². The van der Waals surface area contributed by atoms with Gasteiger partial charge in [0.25, 0.3) is 5.91 Å². The van der Waals surface area contributed by atoms with E-state index in [4.69, 9.17) is 0 Å². The van der Waals surface area contributed by atoms with Crippen LogP contribution in [0.25, 0.3) is 0 Å². The molecule has 5 nitrogen and oxygen atoms in total. The quantitative estimate of drug-likeness (QED) is 0.862. The third-order valence-electron chi connectivity index (χ3n) is 4.84. The summed E-state index contributed by atoms with van der Waals surface area (Å²) < 4.78 is 0. The summed E-state index contributed by atoms with van der Waals surface area (Å²) in [6, 6.07) is 8.09. The van der Waals surface area contributed by atoms with Gasteiger partial charge < -0.3 is 10.2 Å². The second kappa shape index (κ2) is 8.56. The van der Waals surface area contributed by atoms with E-state index in [1.165, 1.54) is 4.88 Å². The number of hydrogen-bond acceptors (Lipinski definition) is 5. The largest absolute Gasteiger partial charge is 0.348 e. The maximum atomic E-state index is 12.5. The van der Waals surface area contributed by atoms with E-state index in [0.29, 0.717) is 5.56 Å². The average Bonchev–Trinajstić information content (AvgIpc) is 3.17. The van der Waals surface area contributed by atoms with Crippen molar-refractivity contribution in [3.8, 4) is 0 Å². The normalized spacial score (nSPS) is 18.6. The van der Waals surface area contributed by atoms with E-state index < -0.39 is 0 Å². The van der Waals surface area contributed by atoms with E-state index in [0.717, 1.165) is 32.7 Å². The maximum Gasteiger partial charge on any atom is 0.253 e. The van der Waals surface area contributed by atoms with Gasteiger partial charge >= 0.3 is 0 Å². The number of thiophene rings is 1. The highest BCUT2D eigenvalue weighted by atomic mass is 32.1. The van der Waals surface area contributed by atoms with E-state index >= 15 is 0 Å². The molecule has 2 atom stereocenters. The Morgan fingerprint density at radius 2 is 2.08 bits per heavy atom. The molecule has 3 heterocycles. The van der Waals surface area contributed by atoms with Crippen molar-refractivity contribution in [3.05, 3.63) is 52.5 Å². The van der Waals surface area contributed by atoms with Crippen molar-refractivity contribution in [2.75, 3.05) is 32.7 Å². The van der Waals surface area contributed by atoms with Gasteiger partial charge in [-0.25, -0.2) is 0 Å². The zero-order valence-electron chi connectivity index (χ0n) is 14.9. The number of carbonyl (C=O) groups excluding carboxylic acids is 1. The summed E-state index contributed by atoms with van der Waals surface area (Å²) in [4.78, 5) is 22.9. The summed E-state index contributed by atoms with van der Waals surface area (Å²) in [6.07, 6.45) is 3.30. The van der Waals surface area contributed by atoms with Gasteiger partial charge in [0.1, 0.15) is 0 Å². The van der Waals surface area contributed by atoms with Crippen molar-refractivity contribution >= 4 is 17.2 Å². The first-order valence-electron chi connectivity index (χ1n) is 8.89. The van der Waals surface area contributed by atoms with Crippen molar-refractivity contribution < 1.29 is 4.79 Å². The number of rotatable bonds is 6. The Morgan fingerprint density at radius 1 is 1.28 bits per heavy atom. The predicted molar refractivity (Wildman–Crippen MR) is 102 cm³/mol. The van der Waals surface area contributed by atoms with Gasteiger partial charge in [0.05, 0.1) is 11.6 Å². The molecule has 3 rings (SSSR count). The molecule has 0 radical (unpaired) electrons. The fourth-order valence-corrected chi connectivity index (χ4v) is 4.39. The number of nitrogens with zero attached hydrogens (tertiary/aromatic N) is 3. The highest BCUT2D eigenvalue weighted by Crippen LogP contribution is 2.29. The molecule has 25 heavy (non-hydrogen) atoms. The third-order valence-corrected chi connectivity index (χ3v) is 5.78. The summed E-state index contributed by atoms with van der Waals surface area (Å²) >= 11 is 1.76. The van der Waals surface area contributed by atoms with Crippen LogP contribution < -0.4 is 5.32 Å². The molecule has 0 aliphatic carbocycles. The van der Waals surface area contributed by atoms with Gasteiger partial charge in [-0.1, -0.05) is 13.0 Å². The van der Waals surface area contributed by atoms with Crippen LogP contribution in [-0.2, 0) is 0 Å². The van der Waals surface area contributed by atoms with Crippen molar-refractivity contribution in [1.82, 2.24) is 20.1 Å². The third kappa shape index (κ3) is 4.45. The topological polar surface area (TPSA) is 48.5 Å². The first-order valence-corrected chi connectivity index (χ1v) is 9.77. The molecular weight excluding hydrogens is 332 g/mol. The minimum Gasteiger partial charge on any atom is -0.348 e. The molecule has 1 amide bonds. The molecule has 0 spiro atoms. The lowest BCUT2D eigenvalue weighted by Gasteiger charge is -2.41. The summed E-state index contributed by atoms with van der Waals surface area (Å²) in [6.45, 7) is 9.65. The van der Waals surface area contributed by atoms with Crippen LogP contribution in [0, 0.1) is 0 Å². The monoisotopic (exact) mass is 358 g/mol. The summed E-state index contributed by atoms with van der Waals surface area (Å²) in [7, 11) is 0. The standard InChI is InChI=1S/C19H26N4OS/c1-3-22-9-11-23(12-10-22)18(17-7-5-13-25-17)15(2)21-19(24)16-6-4-8-20-14-16/h4-8,13-15,18H,3,9-12H2,1-2H3,(H,21,24)/t15-,18-/m0/s1. The summed E-state index contributed by atoms with van der Waals surface area (Å²) in [5.74, 6) is -0.0608. The van der Waals surface area contributed by atoms with Crippen molar-refractivity contribution in [1.29, 1.82) is 0 Å². The predicted octanol–water partition coefficient (Wildman–Crippen LogP) is 2.64. The molecule has 0 bridgehead atoms. The van der Waals surface area contributed by atoms with Crippen LogP contribution in [-0.4, -0.2) is 59.5 Å². The van der Waals surface area contributed by atoms with Crippen LogP contribution in [0.3, 0.4) is 0 Å². The van der Waals surface area contributed by atoms with E-state index in [1.54, 1.807) is 35.9 Å². The smallest absolute Gasteiger partial charge is 0.253 e. The fraction of sp³-hybridized carbons (Fsp3) is 0.474. The van der Waals surface area contributed by atoms with Gasteiger partial charge in [-0.3, -0.25) is 14.7 Å². The summed E-state index contributed by atoms with van der Waals surface area (Å²) in [5.41, 5.74) is 0.607. The molecule has 1 aliphatic heterocycles. The van der Waals surface area contributed by atoms with Crippen LogP contribution >= 0.6 is 11.3 Å². The number of aromatic nitrogens is 1. The molecule has 0 saturated carbocycles. The van der Waals surface area contributed by atoms with Crippen LogP contribution in [0.2, 0.25) is 0 Å². The van der Waals surface area contributed by atoms with Crippen LogP contribution in [0.5, 0.6) is 0 Å². The van der Waals surface area contributed by atoms with Gasteiger partial charge in [-0.15, -0.1) is 11.3 Å². The molecule has 0 aromatic carbocycles. The Bertz CT molecular complexity index is 653. The molecule has 1 saturated heterocycles. The Morgan fingerprint density at radius 3 is 2.68 bits per heavy atom. The zero-order chi connectivity index (χ0) is 17.6. The molecule has 1 aliphatic rings. The lowest BCUT2D eigenvalue weighted by atomic mass is 10.0. The number of piperazine rings is 1. The van der Waals surface area contributed by atoms with Crippen molar-refractivity contribution in [2.24, 2.45) is 0 Å². The molecule has 1 N–H and O–H groups in total. The van der Waals surface area contributed by atoms with Gasteiger partial charge in [0.15, 0.2) is 0 Å². The minimum atomic E-state index is -0.0608. The van der Waals surface area contributed by atoms with Gasteiger partial charge in [0, 0.05) is 49.5 Å². The average molecular weight is 359 g/mol. The second-order valence-electron chi connectivity index (χ2n) is 6.43. The molecular formula is C19H26N4OS. The Labute approximate surface area is 153 Å². The first-order chi connectivity index (χ1) is 12.2. The van der Waals surface area contributed by atoms with Gasteiger partial charge in [-0.05, 0) is 37.0 Å². The fourth-order valence-electron chi connectivity index (χ4n) is 3.43. The number of pyridine rings is 1. The minimum absolute atomic E-state index is 0.0273. The Hall–Kier alpha value is -1.76. The lowest BCUT2D eigenvalue weighted by molar-refractivity contribution is 0.0753. The first kappa shape index (κ1) is 18.0. The SMILES string of the molecule is CCN1CCN([C@H](c2cccs2)[C@H](C)NC(=O)c2cccnc2)CC1. The van der Waals surface area contributed by atoms with E-state index in [2.05, 4.69) is 51.5 Å². The van der Waals surface area contributed by atoms with E-state index in [9.17, 15) is 4.79 Å². The zero-order valence-corrected chi connectivity index (χ0v) is 15.7. The van der Waals surface area contributed by atoms with E-state index in [-0.39, 0.29) is 18.0 Å². The lowest BCUT2D eigenvalue weighted by Crippen LogP contribution is -2.52. The highest BCUT2D eigenvalue weighted by Gasteiger charge is 2.30. The number of amides is 1. The second-order valence-corrected chi connectivity index (χ2v) is 7.41. The van der Waals surface area contributed by atoms with Crippen LogP contribution in [0.4, 0.5) is 0 Å². The summed E-state index contributed by atoms with van der Waals surface area (Å²) in [5, 5.41) is 5.29. The molecule has 0 unspecified atom stereocenters. The molecule has 134 valence electrons. The van der Waals surface area contributed by atoms with Crippen LogP contribution in [0.1, 0.15) is 35.1 Å². The molecule has 2 aromatic heterocycles. The highest BCUT2D eigenvalue weighted by molar-refractivity contribution is 7.10. The van der Waals surface area contributed by atoms with Gasteiger partial charge in [-0.2, -0.15) is 0 Å². The van der Waals surface area contributed by atoms with Crippen molar-refractivity contribution in [3.63, 3.8) is 0 Å². The number of carbonyl (C=O) groups is 1. The molecule has 1 fully saturated rings. The van der Waals surface area contributed by atoms with Gasteiger partial charge in [0.2, 0.25) is 0 Å².